The van der Waals surface area contributed by atoms with Crippen molar-refractivity contribution >= 4 is 11.6 Å². The van der Waals surface area contributed by atoms with Gasteiger partial charge in [0.05, 0.1) is 11.5 Å². The Bertz CT molecular complexity index is 486. The van der Waals surface area contributed by atoms with Gasteiger partial charge in [0.2, 0.25) is 0 Å². The van der Waals surface area contributed by atoms with Crippen LogP contribution in [-0.2, 0) is 5.41 Å². The summed E-state index contributed by atoms with van der Waals surface area (Å²) in [6, 6.07) is 10.4. The smallest absolute Gasteiger partial charge is 0.0833 e. The van der Waals surface area contributed by atoms with Crippen LogP contribution in [0.1, 0.15) is 50.5 Å². The summed E-state index contributed by atoms with van der Waals surface area (Å²) >= 11 is 6.06. The molecule has 0 aliphatic heterocycles. The van der Waals surface area contributed by atoms with Crippen molar-refractivity contribution in [2.24, 2.45) is 5.41 Å². The van der Waals surface area contributed by atoms with Crippen LogP contribution in [0.3, 0.4) is 0 Å². The maximum Gasteiger partial charge on any atom is 0.0833 e. The summed E-state index contributed by atoms with van der Waals surface area (Å²) in [6.07, 6.45) is 8.77. The van der Waals surface area contributed by atoms with E-state index in [2.05, 4.69) is 12.1 Å². The molecular weight excluding hydrogens is 242 g/mol. The van der Waals surface area contributed by atoms with Crippen molar-refractivity contribution in [1.29, 1.82) is 5.26 Å². The van der Waals surface area contributed by atoms with Gasteiger partial charge in [0.25, 0.3) is 0 Å². The highest BCUT2D eigenvalue weighted by atomic mass is 35.5. The molecule has 1 nitrogen and oxygen atoms in total. The minimum Gasteiger partial charge on any atom is -0.197 e. The molecule has 1 aromatic carbocycles. The van der Waals surface area contributed by atoms with Gasteiger partial charge in [-0.05, 0) is 48.8 Å². The van der Waals surface area contributed by atoms with Crippen LogP contribution in [0.25, 0.3) is 0 Å². The summed E-state index contributed by atoms with van der Waals surface area (Å²) in [4.78, 5) is 0. The first-order valence-corrected chi connectivity index (χ1v) is 7.23. The largest absolute Gasteiger partial charge is 0.197 e. The quantitative estimate of drug-likeness (QED) is 0.708. The number of halogens is 1. The van der Waals surface area contributed by atoms with E-state index in [0.717, 1.165) is 23.4 Å². The summed E-state index contributed by atoms with van der Waals surface area (Å²) in [5, 5.41) is 10.3. The van der Waals surface area contributed by atoms with Crippen molar-refractivity contribution < 1.29 is 0 Å². The van der Waals surface area contributed by atoms with Gasteiger partial charge in [-0.1, -0.05) is 43.0 Å². The highest BCUT2D eigenvalue weighted by molar-refractivity contribution is 6.30. The van der Waals surface area contributed by atoms with Crippen LogP contribution in [0.4, 0.5) is 0 Å². The lowest BCUT2D eigenvalue weighted by molar-refractivity contribution is 0.0169. The standard InChI is InChI=1S/C16H18ClN/c17-14-6-4-5-13(9-14)16(12-18)10-15(11-16)7-2-1-3-8-15/h4-6,9H,1-3,7-8,10-11H2. The van der Waals surface area contributed by atoms with E-state index in [9.17, 15) is 5.26 Å². The van der Waals surface area contributed by atoms with E-state index >= 15 is 0 Å². The van der Waals surface area contributed by atoms with Crippen LogP contribution in [0.2, 0.25) is 5.02 Å². The van der Waals surface area contributed by atoms with E-state index in [0.29, 0.717) is 5.41 Å². The fourth-order valence-electron chi connectivity index (χ4n) is 4.02. The molecule has 2 aliphatic carbocycles. The van der Waals surface area contributed by atoms with Crippen molar-refractivity contribution in [2.45, 2.75) is 50.4 Å². The molecule has 1 aromatic rings. The predicted octanol–water partition coefficient (Wildman–Crippen LogP) is 4.85. The average molecular weight is 260 g/mol. The van der Waals surface area contributed by atoms with Crippen molar-refractivity contribution in [3.8, 4) is 6.07 Å². The lowest BCUT2D eigenvalue weighted by atomic mass is 9.47. The molecule has 2 aliphatic rings. The van der Waals surface area contributed by atoms with E-state index in [1.165, 1.54) is 32.1 Å². The van der Waals surface area contributed by atoms with Crippen molar-refractivity contribution in [3.63, 3.8) is 0 Å². The molecule has 0 aromatic heterocycles. The Morgan fingerprint density at radius 1 is 1.11 bits per heavy atom. The molecule has 94 valence electrons. The Morgan fingerprint density at radius 2 is 1.83 bits per heavy atom. The van der Waals surface area contributed by atoms with Gasteiger partial charge in [-0.3, -0.25) is 0 Å². The molecule has 0 amide bonds. The second kappa shape index (κ2) is 4.28. The van der Waals surface area contributed by atoms with Gasteiger partial charge in [0.1, 0.15) is 0 Å². The van der Waals surface area contributed by atoms with Crippen LogP contribution in [0, 0.1) is 16.7 Å². The lowest BCUT2D eigenvalue weighted by Gasteiger charge is -2.55. The number of hydrogen-bond acceptors (Lipinski definition) is 1. The predicted molar refractivity (Wildman–Crippen MR) is 73.5 cm³/mol. The number of benzene rings is 1. The van der Waals surface area contributed by atoms with Gasteiger partial charge in [-0.25, -0.2) is 0 Å². The summed E-state index contributed by atoms with van der Waals surface area (Å²) in [5.41, 5.74) is 1.33. The lowest BCUT2D eigenvalue weighted by Crippen LogP contribution is -2.49. The Morgan fingerprint density at radius 3 is 2.44 bits per heavy atom. The molecular formula is C16H18ClN. The number of nitrogens with zero attached hydrogens (tertiary/aromatic N) is 1. The highest BCUT2D eigenvalue weighted by Crippen LogP contribution is 2.61. The average Bonchev–Trinajstić information content (AvgIpc) is 2.36. The maximum atomic E-state index is 9.60. The van der Waals surface area contributed by atoms with E-state index in [1.54, 1.807) is 0 Å². The fraction of sp³-hybridized carbons (Fsp3) is 0.562. The second-order valence-electron chi connectivity index (χ2n) is 6.12. The fourth-order valence-corrected chi connectivity index (χ4v) is 4.21. The molecule has 0 bridgehead atoms. The third-order valence-corrected chi connectivity index (χ3v) is 5.09. The van der Waals surface area contributed by atoms with E-state index in [4.69, 9.17) is 11.6 Å². The Kier molecular flexibility index (Phi) is 2.87. The van der Waals surface area contributed by atoms with Crippen LogP contribution in [0.5, 0.6) is 0 Å². The van der Waals surface area contributed by atoms with Crippen molar-refractivity contribution in [1.82, 2.24) is 0 Å². The monoisotopic (exact) mass is 259 g/mol. The van der Waals surface area contributed by atoms with Gasteiger partial charge in [0.15, 0.2) is 0 Å². The molecule has 0 unspecified atom stereocenters. The summed E-state index contributed by atoms with van der Waals surface area (Å²) in [7, 11) is 0. The molecule has 0 atom stereocenters. The zero-order valence-electron chi connectivity index (χ0n) is 10.6. The Labute approximate surface area is 114 Å². The summed E-state index contributed by atoms with van der Waals surface area (Å²) in [5.74, 6) is 0. The van der Waals surface area contributed by atoms with E-state index in [1.807, 2.05) is 18.2 Å². The molecule has 3 rings (SSSR count). The first-order valence-electron chi connectivity index (χ1n) is 6.86. The molecule has 2 fully saturated rings. The zero-order valence-corrected chi connectivity index (χ0v) is 11.3. The Hall–Kier alpha value is -1.00. The molecule has 2 saturated carbocycles. The zero-order chi connectivity index (χ0) is 12.6. The first-order chi connectivity index (χ1) is 8.68. The summed E-state index contributed by atoms with van der Waals surface area (Å²) < 4.78 is 0. The number of rotatable bonds is 1. The molecule has 2 heteroatoms. The van der Waals surface area contributed by atoms with Gasteiger partial charge in [-0.15, -0.1) is 0 Å². The van der Waals surface area contributed by atoms with Crippen molar-refractivity contribution in [3.05, 3.63) is 34.9 Å². The minimum atomic E-state index is -0.262. The SMILES string of the molecule is N#CC1(c2cccc(Cl)c2)CC2(CCCCC2)C1. The summed E-state index contributed by atoms with van der Waals surface area (Å²) in [6.45, 7) is 0. The molecule has 0 radical (unpaired) electrons. The highest BCUT2D eigenvalue weighted by Gasteiger charge is 2.55. The first kappa shape index (κ1) is 12.1. The minimum absolute atomic E-state index is 0.262. The number of nitriles is 1. The van der Waals surface area contributed by atoms with Crippen LogP contribution >= 0.6 is 11.6 Å². The van der Waals surface area contributed by atoms with Gasteiger partial charge < -0.3 is 0 Å². The normalized spacial score (nSPS) is 24.2. The van der Waals surface area contributed by atoms with Crippen LogP contribution in [0.15, 0.2) is 24.3 Å². The third kappa shape index (κ3) is 1.84. The Balaban J connectivity index is 1.85. The molecule has 18 heavy (non-hydrogen) atoms. The van der Waals surface area contributed by atoms with Crippen molar-refractivity contribution in [2.75, 3.05) is 0 Å². The van der Waals surface area contributed by atoms with Gasteiger partial charge in [-0.2, -0.15) is 5.26 Å². The van der Waals surface area contributed by atoms with Crippen LogP contribution in [-0.4, -0.2) is 0 Å². The maximum absolute atomic E-state index is 9.60. The van der Waals surface area contributed by atoms with Gasteiger partial charge >= 0.3 is 0 Å². The molecule has 1 spiro atoms. The topological polar surface area (TPSA) is 23.8 Å². The number of hydrogen-bond donors (Lipinski definition) is 0. The third-order valence-electron chi connectivity index (χ3n) is 4.86. The van der Waals surface area contributed by atoms with Gasteiger partial charge in [0, 0.05) is 5.02 Å². The molecule has 0 N–H and O–H groups in total. The second-order valence-corrected chi connectivity index (χ2v) is 6.55. The molecule has 0 heterocycles. The van der Waals surface area contributed by atoms with E-state index < -0.39 is 0 Å². The van der Waals surface area contributed by atoms with Crippen LogP contribution < -0.4 is 0 Å². The molecule has 0 saturated heterocycles. The van der Waals surface area contributed by atoms with E-state index in [-0.39, 0.29) is 5.41 Å².